The fraction of sp³-hybridized carbons (Fsp3) is 0.621. The van der Waals surface area contributed by atoms with Crippen molar-refractivity contribution in [1.82, 2.24) is 44.4 Å². The first-order chi connectivity index (χ1) is 24.3. The second kappa shape index (κ2) is 12.4. The second-order valence-corrected chi connectivity index (χ2v) is 14.4. The molecule has 8 rings (SSSR count). The van der Waals surface area contributed by atoms with Crippen molar-refractivity contribution in [3.05, 3.63) is 28.9 Å². The summed E-state index contributed by atoms with van der Waals surface area (Å²) in [7, 11) is 0. The smallest absolute Gasteiger partial charge is 0.230 e. The number of nitrogens with zero attached hydrogens (tertiary/aromatic N) is 11. The van der Waals surface area contributed by atoms with Crippen LogP contribution in [0.1, 0.15) is 46.0 Å². The molecule has 4 aromatic rings. The van der Waals surface area contributed by atoms with E-state index in [1.165, 1.54) is 12.7 Å². The molecule has 1 amide bonds. The predicted molar refractivity (Wildman–Crippen MR) is 177 cm³/mol. The minimum absolute atomic E-state index is 0.0263. The molecular weight excluding hydrogens is 688 g/mol. The summed E-state index contributed by atoms with van der Waals surface area (Å²) in [5.41, 5.74) is 22.9. The molecule has 0 bridgehead atoms. The summed E-state index contributed by atoms with van der Waals surface area (Å²) in [6.07, 6.45) is -2.05. The van der Waals surface area contributed by atoms with Crippen LogP contribution in [0.25, 0.3) is 32.8 Å². The molecule has 0 spiro atoms. The Bertz CT molecular complexity index is 2070. The molecule has 0 aliphatic carbocycles. The number of amides is 1. The van der Waals surface area contributed by atoms with E-state index in [1.807, 2.05) is 25.3 Å². The van der Waals surface area contributed by atoms with Gasteiger partial charge in [-0.3, -0.25) is 13.9 Å². The number of carbonyl (C=O) groups is 1. The Kier molecular flexibility index (Phi) is 8.18. The van der Waals surface area contributed by atoms with Gasteiger partial charge in [-0.05, 0) is 40.1 Å². The second-order valence-electron chi connectivity index (χ2n) is 13.4. The summed E-state index contributed by atoms with van der Waals surface area (Å²) in [5.74, 6) is -1.10. The van der Waals surface area contributed by atoms with Gasteiger partial charge in [0.1, 0.15) is 49.0 Å². The van der Waals surface area contributed by atoms with E-state index in [0.29, 0.717) is 33.3 Å². The Morgan fingerprint density at radius 3 is 2.08 bits per heavy atom. The number of nitrogen functional groups attached to an aromatic ring is 2. The van der Waals surface area contributed by atoms with Gasteiger partial charge in [0.05, 0.1) is 18.4 Å². The summed E-state index contributed by atoms with van der Waals surface area (Å²) in [5, 5.41) is 7.07. The zero-order chi connectivity index (χ0) is 35.8. The minimum Gasteiger partial charge on any atom is -0.382 e. The molecule has 4 aromatic heterocycles. The summed E-state index contributed by atoms with van der Waals surface area (Å²) in [6.45, 7) is 9.23. The largest absolute Gasteiger partial charge is 0.382 e. The molecule has 51 heavy (non-hydrogen) atoms. The highest BCUT2D eigenvalue weighted by Gasteiger charge is 2.57. The lowest BCUT2D eigenvalue weighted by Crippen LogP contribution is -2.40. The number of azide groups is 1. The Labute approximate surface area is 293 Å². The van der Waals surface area contributed by atoms with Gasteiger partial charge in [-0.1, -0.05) is 16.9 Å². The quantitative estimate of drug-likeness (QED) is 0.0954. The lowest BCUT2D eigenvalue weighted by atomic mass is 10.1. The average Bonchev–Trinajstić information content (AvgIpc) is 3.89. The fourth-order valence-corrected chi connectivity index (χ4v) is 7.98. The number of ether oxygens (including phenoxy) is 6. The third kappa shape index (κ3) is 5.86. The topological polar surface area (TPSA) is 272 Å². The van der Waals surface area contributed by atoms with Gasteiger partial charge in [0, 0.05) is 11.5 Å². The van der Waals surface area contributed by atoms with Crippen LogP contribution in [0.4, 0.5) is 11.6 Å². The van der Waals surface area contributed by atoms with Crippen molar-refractivity contribution < 1.29 is 33.2 Å². The standard InChI is InChI=1S/C29H36N14O7S/c1-11-39-15-21(30)34-9-36-23(15)42(11)25-19-17(47-28(2,3)49-19)12(45-25)6-33-14(44)8-51-27-40-16-22(31)35-10-37-24(16)43(27)26-20-18(48-29(4,5)50-20)13(46-26)7-38-41-32/h9-10,12-13,17-20,25-26H,6-8H2,1-5H3,(H,33,44)(H2,30,34,36)(H2,31,35,37)/t12-,13-,17?,18?,19+,20+,25-,26-/m1/s1. The Morgan fingerprint density at radius 1 is 0.882 bits per heavy atom. The van der Waals surface area contributed by atoms with Gasteiger partial charge in [-0.15, -0.1) is 0 Å². The number of aromatic nitrogens is 8. The van der Waals surface area contributed by atoms with E-state index < -0.39 is 60.7 Å². The number of hydrogen-bond donors (Lipinski definition) is 3. The van der Waals surface area contributed by atoms with Crippen LogP contribution in [0.2, 0.25) is 0 Å². The number of nitrogens with one attached hydrogen (secondary N) is 1. The van der Waals surface area contributed by atoms with Crippen LogP contribution in [0, 0.1) is 6.92 Å². The number of rotatable bonds is 9. The number of aryl methyl sites for hydroxylation is 1. The molecule has 4 fully saturated rings. The maximum Gasteiger partial charge on any atom is 0.230 e. The highest BCUT2D eigenvalue weighted by molar-refractivity contribution is 7.99. The van der Waals surface area contributed by atoms with Crippen molar-refractivity contribution in [2.24, 2.45) is 5.11 Å². The summed E-state index contributed by atoms with van der Waals surface area (Å²) in [4.78, 5) is 42.5. The van der Waals surface area contributed by atoms with Gasteiger partial charge in [0.2, 0.25) is 5.91 Å². The van der Waals surface area contributed by atoms with Gasteiger partial charge in [0.15, 0.2) is 63.1 Å². The first-order valence-corrected chi connectivity index (χ1v) is 17.2. The van der Waals surface area contributed by atoms with Crippen LogP contribution in [-0.4, -0.2) is 112 Å². The van der Waals surface area contributed by atoms with E-state index in [2.05, 4.69) is 45.2 Å². The molecule has 2 unspecified atom stereocenters. The monoisotopic (exact) mass is 724 g/mol. The molecule has 5 N–H and O–H groups in total. The van der Waals surface area contributed by atoms with Crippen molar-refractivity contribution in [2.75, 3.05) is 30.3 Å². The number of hydrogen-bond acceptors (Lipinski definition) is 17. The molecule has 21 nitrogen and oxygen atoms in total. The minimum atomic E-state index is -0.919. The van der Waals surface area contributed by atoms with Crippen molar-refractivity contribution in [2.45, 2.75) is 100 Å². The summed E-state index contributed by atoms with van der Waals surface area (Å²) < 4.78 is 41.3. The number of fused-ring (bicyclic) bond motifs is 4. The van der Waals surface area contributed by atoms with Crippen LogP contribution in [0.3, 0.4) is 0 Å². The molecular formula is C29H36N14O7S. The number of carbonyl (C=O) groups excluding carboxylic acids is 1. The SMILES string of the molecule is Cc1nc2c(N)ncnc2n1[C@@H]1O[C@H](CNC(=O)CSc2nc3c(N)ncnc3n2[C@@H]2O[C@H](CN=[N+]=[N-])C3OC(C)(C)O[C@@H]32)C2OC(C)(C)O[C@@H]21. The summed E-state index contributed by atoms with van der Waals surface area (Å²) >= 11 is 1.16. The third-order valence-corrected chi connectivity index (χ3v) is 10.0. The van der Waals surface area contributed by atoms with Gasteiger partial charge >= 0.3 is 0 Å². The normalized spacial score (nSPS) is 30.5. The zero-order valence-electron chi connectivity index (χ0n) is 28.2. The highest BCUT2D eigenvalue weighted by Crippen LogP contribution is 2.46. The number of anilines is 2. The number of imidazole rings is 2. The molecule has 0 aromatic carbocycles. The Morgan fingerprint density at radius 2 is 1.43 bits per heavy atom. The van der Waals surface area contributed by atoms with Gasteiger partial charge in [-0.2, -0.15) is 0 Å². The molecule has 22 heteroatoms. The molecule has 4 saturated heterocycles. The molecule has 0 radical (unpaired) electrons. The van der Waals surface area contributed by atoms with E-state index in [0.717, 1.165) is 11.8 Å². The zero-order valence-corrected chi connectivity index (χ0v) is 29.1. The molecule has 0 saturated carbocycles. The molecule has 4 aliphatic rings. The lowest BCUT2D eigenvalue weighted by Gasteiger charge is -2.25. The van der Waals surface area contributed by atoms with Crippen LogP contribution in [0.5, 0.6) is 0 Å². The molecule has 4 aliphatic heterocycles. The van der Waals surface area contributed by atoms with E-state index in [-0.39, 0.29) is 36.4 Å². The van der Waals surface area contributed by atoms with Gasteiger partial charge in [0.25, 0.3) is 0 Å². The van der Waals surface area contributed by atoms with Crippen LogP contribution < -0.4 is 16.8 Å². The molecule has 270 valence electrons. The fourth-order valence-electron chi connectivity index (χ4n) is 7.13. The van der Waals surface area contributed by atoms with Crippen LogP contribution >= 0.6 is 11.8 Å². The predicted octanol–water partition coefficient (Wildman–Crippen LogP) is 1.49. The van der Waals surface area contributed by atoms with E-state index in [9.17, 15) is 4.79 Å². The van der Waals surface area contributed by atoms with Gasteiger partial charge in [-0.25, -0.2) is 29.9 Å². The van der Waals surface area contributed by atoms with E-state index in [1.54, 1.807) is 18.4 Å². The Balaban J connectivity index is 1.00. The van der Waals surface area contributed by atoms with Crippen molar-refractivity contribution in [3.63, 3.8) is 0 Å². The maximum absolute atomic E-state index is 13.4. The number of thioether (sulfide) groups is 1. The first kappa shape index (κ1) is 33.7. The van der Waals surface area contributed by atoms with Crippen molar-refractivity contribution in [1.29, 1.82) is 0 Å². The van der Waals surface area contributed by atoms with Crippen molar-refractivity contribution in [3.8, 4) is 0 Å². The molecule has 8 heterocycles. The van der Waals surface area contributed by atoms with E-state index >= 15 is 0 Å². The molecule has 8 atom stereocenters. The van der Waals surface area contributed by atoms with Crippen LogP contribution in [0.15, 0.2) is 22.9 Å². The highest BCUT2D eigenvalue weighted by atomic mass is 32.2. The number of nitrogens with two attached hydrogens (primary N) is 2. The average molecular weight is 725 g/mol. The van der Waals surface area contributed by atoms with Crippen LogP contribution in [-0.2, 0) is 33.2 Å². The van der Waals surface area contributed by atoms with Crippen molar-refractivity contribution >= 4 is 51.6 Å². The van der Waals surface area contributed by atoms with Gasteiger partial charge < -0.3 is 45.2 Å². The summed E-state index contributed by atoms with van der Waals surface area (Å²) in [6, 6.07) is 0. The lowest BCUT2D eigenvalue weighted by molar-refractivity contribution is -0.196. The Hall–Kier alpha value is -4.41. The third-order valence-electron chi connectivity index (χ3n) is 9.07. The van der Waals surface area contributed by atoms with E-state index in [4.69, 9.17) is 45.4 Å². The first-order valence-electron chi connectivity index (χ1n) is 16.2. The maximum atomic E-state index is 13.4.